The van der Waals surface area contributed by atoms with E-state index in [9.17, 15) is 9.59 Å². The molecule has 1 heterocycles. The number of nitrogens with zero attached hydrogens (tertiary/aromatic N) is 1. The average Bonchev–Trinajstić information content (AvgIpc) is 3.14. The highest BCUT2D eigenvalue weighted by Crippen LogP contribution is 2.44. The number of hydrogen-bond acceptors (Lipinski definition) is 2. The second kappa shape index (κ2) is 4.12. The zero-order valence-corrected chi connectivity index (χ0v) is 11.8. The molecule has 3 rings (SSSR count). The Hall–Kier alpha value is -1.26. The molecule has 1 aromatic rings. The molecule has 100 valence electrons. The fourth-order valence-electron chi connectivity index (χ4n) is 2.47. The standard InChI is InChI=1S/C13H12Cl2N2O2/c1-13(7-2-3-7)11(18)17(12(19)16-13)10-6-8(14)4-5-9(10)15/h4-7H,2-3H2,1H3,(H,16,19). The summed E-state index contributed by atoms with van der Waals surface area (Å²) in [5.74, 6) is -0.0453. The first kappa shape index (κ1) is 12.8. The molecule has 6 heteroatoms. The first-order chi connectivity index (χ1) is 8.93. The molecule has 0 spiro atoms. The highest BCUT2D eigenvalue weighted by atomic mass is 35.5. The summed E-state index contributed by atoms with van der Waals surface area (Å²) in [6, 6.07) is 4.28. The largest absolute Gasteiger partial charge is 0.329 e. The summed E-state index contributed by atoms with van der Waals surface area (Å²) in [6.07, 6.45) is 1.92. The number of imide groups is 1. The Morgan fingerprint density at radius 2 is 2.00 bits per heavy atom. The fourth-order valence-corrected chi connectivity index (χ4v) is 2.84. The van der Waals surface area contributed by atoms with Gasteiger partial charge in [0.1, 0.15) is 5.54 Å². The third-order valence-electron chi connectivity index (χ3n) is 3.76. The van der Waals surface area contributed by atoms with Gasteiger partial charge < -0.3 is 5.32 Å². The molecule has 1 saturated carbocycles. The first-order valence-corrected chi connectivity index (χ1v) is 6.81. The van der Waals surface area contributed by atoms with Crippen molar-refractivity contribution < 1.29 is 9.59 Å². The van der Waals surface area contributed by atoms with Gasteiger partial charge in [-0.2, -0.15) is 0 Å². The van der Waals surface area contributed by atoms with E-state index < -0.39 is 11.6 Å². The number of urea groups is 1. The minimum absolute atomic E-state index is 0.215. The van der Waals surface area contributed by atoms with Crippen LogP contribution in [0.4, 0.5) is 10.5 Å². The maximum atomic E-state index is 12.5. The van der Waals surface area contributed by atoms with Crippen molar-refractivity contribution in [2.45, 2.75) is 25.3 Å². The van der Waals surface area contributed by atoms with Gasteiger partial charge in [0.2, 0.25) is 0 Å². The van der Waals surface area contributed by atoms with Gasteiger partial charge in [0.25, 0.3) is 5.91 Å². The quantitative estimate of drug-likeness (QED) is 0.852. The summed E-state index contributed by atoms with van der Waals surface area (Å²) >= 11 is 12.0. The van der Waals surface area contributed by atoms with E-state index in [1.54, 1.807) is 19.1 Å². The van der Waals surface area contributed by atoms with Crippen LogP contribution in [0.1, 0.15) is 19.8 Å². The normalized spacial score (nSPS) is 26.8. The molecule has 4 nitrogen and oxygen atoms in total. The second-order valence-electron chi connectivity index (χ2n) is 5.14. The molecule has 1 atom stereocenters. The number of amides is 3. The number of halogens is 2. The molecule has 0 radical (unpaired) electrons. The average molecular weight is 299 g/mol. The Morgan fingerprint density at radius 3 is 2.63 bits per heavy atom. The number of hydrogen-bond donors (Lipinski definition) is 1. The smallest absolute Gasteiger partial charge is 0.323 e. The number of benzene rings is 1. The molecular weight excluding hydrogens is 287 g/mol. The van der Waals surface area contributed by atoms with E-state index in [4.69, 9.17) is 23.2 Å². The first-order valence-electron chi connectivity index (χ1n) is 6.05. The molecule has 1 aliphatic carbocycles. The van der Waals surface area contributed by atoms with Crippen LogP contribution in [-0.4, -0.2) is 17.5 Å². The van der Waals surface area contributed by atoms with E-state index in [-0.39, 0.29) is 11.8 Å². The van der Waals surface area contributed by atoms with Crippen LogP contribution in [0.2, 0.25) is 10.0 Å². The van der Waals surface area contributed by atoms with Crippen LogP contribution in [0.3, 0.4) is 0 Å². The van der Waals surface area contributed by atoms with E-state index in [1.807, 2.05) is 0 Å². The number of carbonyl (C=O) groups is 2. The maximum absolute atomic E-state index is 12.5. The summed E-state index contributed by atoms with van der Waals surface area (Å²) in [4.78, 5) is 25.7. The van der Waals surface area contributed by atoms with Crippen molar-refractivity contribution in [3.63, 3.8) is 0 Å². The number of nitrogens with one attached hydrogen (secondary N) is 1. The Labute approximate surface area is 120 Å². The van der Waals surface area contributed by atoms with Crippen molar-refractivity contribution in [2.24, 2.45) is 5.92 Å². The summed E-state index contributed by atoms with van der Waals surface area (Å²) < 4.78 is 0. The predicted octanol–water partition coefficient (Wildman–Crippen LogP) is 3.22. The number of rotatable bonds is 2. The third-order valence-corrected chi connectivity index (χ3v) is 4.31. The fraction of sp³-hybridized carbons (Fsp3) is 0.385. The van der Waals surface area contributed by atoms with Crippen LogP contribution in [0.25, 0.3) is 0 Å². The Bertz CT molecular complexity index is 586. The lowest BCUT2D eigenvalue weighted by Crippen LogP contribution is -2.46. The monoisotopic (exact) mass is 298 g/mol. The lowest BCUT2D eigenvalue weighted by molar-refractivity contribution is -0.122. The molecule has 1 N–H and O–H groups in total. The van der Waals surface area contributed by atoms with Gasteiger partial charge in [-0.3, -0.25) is 4.79 Å². The van der Waals surface area contributed by atoms with Gasteiger partial charge in [-0.05, 0) is 43.9 Å². The molecule has 1 aromatic carbocycles. The van der Waals surface area contributed by atoms with E-state index in [2.05, 4.69) is 5.32 Å². The summed E-state index contributed by atoms with van der Waals surface area (Å²) in [7, 11) is 0. The van der Waals surface area contributed by atoms with Crippen molar-refractivity contribution in [3.05, 3.63) is 28.2 Å². The second-order valence-corrected chi connectivity index (χ2v) is 5.99. The van der Waals surface area contributed by atoms with Gasteiger partial charge in [-0.25, -0.2) is 9.69 Å². The van der Waals surface area contributed by atoms with Crippen molar-refractivity contribution >= 4 is 40.8 Å². The molecule has 1 aliphatic heterocycles. The predicted molar refractivity (Wildman–Crippen MR) is 73.6 cm³/mol. The van der Waals surface area contributed by atoms with Crippen LogP contribution in [-0.2, 0) is 4.79 Å². The van der Waals surface area contributed by atoms with Crippen molar-refractivity contribution in [1.82, 2.24) is 5.32 Å². The Balaban J connectivity index is 2.03. The Morgan fingerprint density at radius 1 is 1.32 bits per heavy atom. The lowest BCUT2D eigenvalue weighted by Gasteiger charge is -2.21. The van der Waals surface area contributed by atoms with Crippen LogP contribution >= 0.6 is 23.2 Å². The third kappa shape index (κ3) is 1.90. The minimum atomic E-state index is -0.817. The molecule has 0 bridgehead atoms. The Kier molecular flexibility index (Phi) is 2.76. The highest BCUT2D eigenvalue weighted by Gasteiger charge is 2.56. The number of anilines is 1. The lowest BCUT2D eigenvalue weighted by atomic mass is 9.96. The molecule has 2 aliphatic rings. The van der Waals surface area contributed by atoms with Gasteiger partial charge in [0.15, 0.2) is 0 Å². The van der Waals surface area contributed by atoms with Crippen LogP contribution in [0.15, 0.2) is 18.2 Å². The summed E-state index contributed by atoms with van der Waals surface area (Å²) in [6.45, 7) is 1.77. The van der Waals surface area contributed by atoms with E-state index >= 15 is 0 Å². The van der Waals surface area contributed by atoms with E-state index in [0.29, 0.717) is 15.7 Å². The zero-order valence-electron chi connectivity index (χ0n) is 10.2. The van der Waals surface area contributed by atoms with Gasteiger partial charge >= 0.3 is 6.03 Å². The van der Waals surface area contributed by atoms with Gasteiger partial charge in [0.05, 0.1) is 10.7 Å². The summed E-state index contributed by atoms with van der Waals surface area (Å²) in [5.41, 5.74) is -0.482. The van der Waals surface area contributed by atoms with Crippen molar-refractivity contribution in [1.29, 1.82) is 0 Å². The molecule has 0 aromatic heterocycles. The molecule has 1 unspecified atom stereocenters. The van der Waals surface area contributed by atoms with Gasteiger partial charge in [0, 0.05) is 5.02 Å². The topological polar surface area (TPSA) is 49.4 Å². The molecule has 3 amide bonds. The van der Waals surface area contributed by atoms with Gasteiger partial charge in [-0.15, -0.1) is 0 Å². The molecular formula is C13H12Cl2N2O2. The van der Waals surface area contributed by atoms with Gasteiger partial charge in [-0.1, -0.05) is 23.2 Å². The molecule has 2 fully saturated rings. The van der Waals surface area contributed by atoms with Crippen LogP contribution in [0, 0.1) is 5.92 Å². The number of carbonyl (C=O) groups excluding carboxylic acids is 2. The SMILES string of the molecule is CC1(C2CC2)NC(=O)N(c2cc(Cl)ccc2Cl)C1=O. The zero-order chi connectivity index (χ0) is 13.8. The van der Waals surface area contributed by atoms with Crippen LogP contribution in [0.5, 0.6) is 0 Å². The highest BCUT2D eigenvalue weighted by molar-refractivity contribution is 6.37. The maximum Gasteiger partial charge on any atom is 0.329 e. The summed E-state index contributed by atoms with van der Waals surface area (Å²) in [5, 5.41) is 3.53. The van der Waals surface area contributed by atoms with E-state index in [1.165, 1.54) is 6.07 Å². The van der Waals surface area contributed by atoms with Crippen molar-refractivity contribution in [2.75, 3.05) is 4.90 Å². The minimum Gasteiger partial charge on any atom is -0.323 e. The molecule has 1 saturated heterocycles. The molecule has 19 heavy (non-hydrogen) atoms. The van der Waals surface area contributed by atoms with E-state index in [0.717, 1.165) is 17.7 Å². The van der Waals surface area contributed by atoms with Crippen molar-refractivity contribution in [3.8, 4) is 0 Å². The van der Waals surface area contributed by atoms with Crippen LogP contribution < -0.4 is 10.2 Å².